The second kappa shape index (κ2) is 8.26. The molecule has 2 aromatic rings. The van der Waals surface area contributed by atoms with Gasteiger partial charge in [-0.05, 0) is 24.1 Å². The van der Waals surface area contributed by atoms with Gasteiger partial charge in [-0.25, -0.2) is 4.39 Å². The number of aryl methyl sites for hydroxylation is 2. The van der Waals surface area contributed by atoms with Gasteiger partial charge in [0.2, 0.25) is 0 Å². The molecular weight excluding hydrogens is 295 g/mol. The Hall–Kier alpha value is -2.44. The number of nitrogens with one attached hydrogen (secondary N) is 2. The van der Waals surface area contributed by atoms with E-state index in [-0.39, 0.29) is 5.82 Å². The summed E-state index contributed by atoms with van der Waals surface area (Å²) in [5.74, 6) is 1.45. The summed E-state index contributed by atoms with van der Waals surface area (Å²) in [4.78, 5) is 4.16. The lowest BCUT2D eigenvalue weighted by Crippen LogP contribution is -2.38. The lowest BCUT2D eigenvalue weighted by molar-refractivity contribution is 0.614. The Morgan fingerprint density at radius 3 is 2.87 bits per heavy atom. The van der Waals surface area contributed by atoms with Crippen LogP contribution in [0.2, 0.25) is 0 Å². The van der Waals surface area contributed by atoms with Crippen LogP contribution in [0.5, 0.6) is 0 Å². The number of guanidine groups is 1. The minimum atomic E-state index is -0.188. The first-order chi connectivity index (χ1) is 11.1. The number of aliphatic imine (C=N–C) groups is 1. The van der Waals surface area contributed by atoms with Crippen LogP contribution in [0.3, 0.4) is 0 Å². The largest absolute Gasteiger partial charge is 0.355 e. The van der Waals surface area contributed by atoms with Crippen LogP contribution in [-0.4, -0.2) is 34.3 Å². The smallest absolute Gasteiger partial charge is 0.191 e. The average molecular weight is 318 g/mol. The number of rotatable bonds is 6. The number of hydrogen-bond donors (Lipinski definition) is 2. The van der Waals surface area contributed by atoms with Gasteiger partial charge in [-0.3, -0.25) is 4.99 Å². The van der Waals surface area contributed by atoms with Crippen LogP contribution in [0.15, 0.2) is 29.5 Å². The summed E-state index contributed by atoms with van der Waals surface area (Å²) in [6.07, 6.45) is 2.58. The maximum Gasteiger partial charge on any atom is 0.191 e. The maximum atomic E-state index is 13.5. The molecule has 0 unspecified atom stereocenters. The minimum absolute atomic E-state index is 0.188. The number of nitrogens with zero attached hydrogens (tertiary/aromatic N) is 4. The lowest BCUT2D eigenvalue weighted by Gasteiger charge is -2.13. The molecule has 0 saturated heterocycles. The summed E-state index contributed by atoms with van der Waals surface area (Å²) in [5, 5.41) is 14.4. The molecule has 6 nitrogen and oxygen atoms in total. The summed E-state index contributed by atoms with van der Waals surface area (Å²) < 4.78 is 15.5. The van der Waals surface area contributed by atoms with E-state index in [9.17, 15) is 4.39 Å². The van der Waals surface area contributed by atoms with Crippen molar-refractivity contribution in [1.82, 2.24) is 25.4 Å². The molecule has 1 aromatic carbocycles. The Kier molecular flexibility index (Phi) is 6.08. The van der Waals surface area contributed by atoms with Gasteiger partial charge in [-0.15, -0.1) is 10.2 Å². The molecule has 0 atom stereocenters. The molecule has 7 heteroatoms. The highest BCUT2D eigenvalue weighted by atomic mass is 19.1. The highest BCUT2D eigenvalue weighted by molar-refractivity contribution is 5.79. The highest BCUT2D eigenvalue weighted by Crippen LogP contribution is 2.08. The van der Waals surface area contributed by atoms with Crippen molar-refractivity contribution in [2.75, 3.05) is 13.6 Å². The molecule has 0 fully saturated rings. The second-order valence-electron chi connectivity index (χ2n) is 5.23. The maximum absolute atomic E-state index is 13.5. The predicted molar refractivity (Wildman–Crippen MR) is 88.7 cm³/mol. The molecule has 0 aliphatic rings. The van der Waals surface area contributed by atoms with E-state index in [1.165, 1.54) is 0 Å². The molecule has 0 radical (unpaired) electrons. The molecule has 0 aliphatic carbocycles. The van der Waals surface area contributed by atoms with Crippen LogP contribution in [0.1, 0.15) is 23.9 Å². The Morgan fingerprint density at radius 1 is 1.35 bits per heavy atom. The number of hydrogen-bond acceptors (Lipinski definition) is 3. The molecule has 0 spiro atoms. The van der Waals surface area contributed by atoms with Gasteiger partial charge < -0.3 is 15.2 Å². The molecule has 2 rings (SSSR count). The summed E-state index contributed by atoms with van der Waals surface area (Å²) in [5.41, 5.74) is 1.53. The van der Waals surface area contributed by atoms with E-state index in [4.69, 9.17) is 0 Å². The van der Waals surface area contributed by atoms with Gasteiger partial charge in [0.05, 0.1) is 0 Å². The zero-order valence-electron chi connectivity index (χ0n) is 13.8. The number of benzene rings is 1. The van der Waals surface area contributed by atoms with Gasteiger partial charge in [-0.1, -0.05) is 19.1 Å². The van der Waals surface area contributed by atoms with Crippen LogP contribution in [-0.2, 0) is 19.5 Å². The molecule has 1 aromatic heterocycles. The highest BCUT2D eigenvalue weighted by Gasteiger charge is 2.03. The first-order valence-electron chi connectivity index (χ1n) is 7.70. The van der Waals surface area contributed by atoms with Crippen molar-refractivity contribution in [2.24, 2.45) is 4.99 Å². The monoisotopic (exact) mass is 318 g/mol. The fourth-order valence-electron chi connectivity index (χ4n) is 2.19. The van der Waals surface area contributed by atoms with E-state index < -0.39 is 0 Å². The van der Waals surface area contributed by atoms with Gasteiger partial charge in [0, 0.05) is 33.1 Å². The zero-order valence-corrected chi connectivity index (χ0v) is 13.8. The van der Waals surface area contributed by atoms with Gasteiger partial charge in [0.1, 0.15) is 18.0 Å². The zero-order chi connectivity index (χ0) is 16.7. The molecule has 2 N–H and O–H groups in total. The molecule has 124 valence electrons. The van der Waals surface area contributed by atoms with Crippen LogP contribution in [0.25, 0.3) is 0 Å². The molecule has 0 aliphatic heterocycles. The normalized spacial score (nSPS) is 11.6. The number of halogens is 1. The first-order valence-corrected chi connectivity index (χ1v) is 7.70. The second-order valence-corrected chi connectivity index (χ2v) is 5.23. The van der Waals surface area contributed by atoms with Crippen molar-refractivity contribution < 1.29 is 4.39 Å². The SMILES string of the molecule is CCc1nncn1CCNC(=NC)NCc1ccc(C)c(F)c1. The quantitative estimate of drug-likeness (QED) is 0.628. The molecular formula is C16H23FN6. The summed E-state index contributed by atoms with van der Waals surface area (Å²) >= 11 is 0. The van der Waals surface area contributed by atoms with E-state index in [1.807, 2.05) is 10.6 Å². The van der Waals surface area contributed by atoms with E-state index in [0.29, 0.717) is 24.6 Å². The summed E-state index contributed by atoms with van der Waals surface area (Å²) in [6.45, 7) is 5.78. The van der Waals surface area contributed by atoms with Crippen molar-refractivity contribution in [3.05, 3.63) is 47.3 Å². The van der Waals surface area contributed by atoms with Crippen molar-refractivity contribution in [3.63, 3.8) is 0 Å². The van der Waals surface area contributed by atoms with Crippen molar-refractivity contribution in [2.45, 2.75) is 33.4 Å². The van der Waals surface area contributed by atoms with E-state index in [0.717, 1.165) is 24.4 Å². The molecule has 1 heterocycles. The summed E-state index contributed by atoms with van der Waals surface area (Å²) in [6, 6.07) is 5.23. The van der Waals surface area contributed by atoms with E-state index in [2.05, 4.69) is 32.7 Å². The van der Waals surface area contributed by atoms with Gasteiger partial charge in [-0.2, -0.15) is 0 Å². The lowest BCUT2D eigenvalue weighted by atomic mass is 10.1. The standard InChI is InChI=1S/C16H23FN6/c1-4-15-22-21-11-23(15)8-7-19-16(18-3)20-10-13-6-5-12(2)14(17)9-13/h5-6,9,11H,4,7-8,10H2,1-3H3,(H2,18,19,20). The van der Waals surface area contributed by atoms with Crippen LogP contribution in [0, 0.1) is 12.7 Å². The molecule has 0 bridgehead atoms. The van der Waals surface area contributed by atoms with Gasteiger partial charge >= 0.3 is 0 Å². The van der Waals surface area contributed by atoms with Gasteiger partial charge in [0.15, 0.2) is 5.96 Å². The van der Waals surface area contributed by atoms with Crippen LogP contribution in [0.4, 0.5) is 4.39 Å². The Morgan fingerprint density at radius 2 is 2.17 bits per heavy atom. The third-order valence-electron chi connectivity index (χ3n) is 3.58. The van der Waals surface area contributed by atoms with Crippen molar-refractivity contribution in [1.29, 1.82) is 0 Å². The van der Waals surface area contributed by atoms with Crippen LogP contribution < -0.4 is 10.6 Å². The Labute approximate surface area is 135 Å². The molecule has 0 amide bonds. The van der Waals surface area contributed by atoms with E-state index in [1.54, 1.807) is 32.4 Å². The fraction of sp³-hybridized carbons (Fsp3) is 0.438. The predicted octanol–water partition coefficient (Wildman–Crippen LogP) is 1.65. The fourth-order valence-corrected chi connectivity index (χ4v) is 2.19. The Balaban J connectivity index is 1.80. The van der Waals surface area contributed by atoms with Crippen molar-refractivity contribution in [3.8, 4) is 0 Å². The molecule has 0 saturated carbocycles. The third-order valence-corrected chi connectivity index (χ3v) is 3.58. The third kappa shape index (κ3) is 4.77. The number of aromatic nitrogens is 3. The first kappa shape index (κ1) is 16.9. The average Bonchev–Trinajstić information content (AvgIpc) is 3.01. The van der Waals surface area contributed by atoms with Gasteiger partial charge in [0.25, 0.3) is 0 Å². The van der Waals surface area contributed by atoms with Crippen LogP contribution >= 0.6 is 0 Å². The topological polar surface area (TPSA) is 67.1 Å². The van der Waals surface area contributed by atoms with Crippen molar-refractivity contribution >= 4 is 5.96 Å². The summed E-state index contributed by atoms with van der Waals surface area (Å²) in [7, 11) is 1.71. The van der Waals surface area contributed by atoms with E-state index >= 15 is 0 Å². The minimum Gasteiger partial charge on any atom is -0.355 e. The Bertz CT molecular complexity index is 664. The molecule has 23 heavy (non-hydrogen) atoms.